The standard InChI is InChI=1S/C19H21N3O3S/c23-13(8-15-16(24)6-7-20-15)10-22-11-21-18-14(19(22)25)9-17(26-18)12-4-2-1-3-5-12/h1-5,9,11,14-16,18,20,24H,6-8,10H2/t14?,15-,16+,18?/m0/s1. The monoisotopic (exact) mass is 371 g/mol. The predicted molar refractivity (Wildman–Crippen MR) is 102 cm³/mol. The number of Topliss-reactive ketones (excluding diaryl/α,β-unsaturated/α-hetero) is 1. The molecule has 3 heterocycles. The van der Waals surface area contributed by atoms with Crippen molar-refractivity contribution in [3.8, 4) is 0 Å². The molecule has 1 saturated heterocycles. The van der Waals surface area contributed by atoms with Gasteiger partial charge in [0.15, 0.2) is 5.78 Å². The molecule has 1 aromatic carbocycles. The predicted octanol–water partition coefficient (Wildman–Crippen LogP) is 1.27. The SMILES string of the molecule is O=C(C[C@@H]1NCC[C@H]1O)CN1C=NC2SC(c3ccccc3)=CC2C1=O. The van der Waals surface area contributed by atoms with Gasteiger partial charge in [0.05, 0.1) is 24.9 Å². The second-order valence-corrected chi connectivity index (χ2v) is 7.98. The van der Waals surface area contributed by atoms with Gasteiger partial charge in [0.25, 0.3) is 0 Å². The minimum absolute atomic E-state index is 0.00955. The smallest absolute Gasteiger partial charge is 0.238 e. The van der Waals surface area contributed by atoms with Crippen LogP contribution < -0.4 is 5.32 Å². The summed E-state index contributed by atoms with van der Waals surface area (Å²) < 4.78 is 0. The van der Waals surface area contributed by atoms with Crippen LogP contribution in [0.5, 0.6) is 0 Å². The second-order valence-electron chi connectivity index (χ2n) is 6.82. The van der Waals surface area contributed by atoms with Crippen molar-refractivity contribution in [2.24, 2.45) is 10.9 Å². The third kappa shape index (κ3) is 3.47. The summed E-state index contributed by atoms with van der Waals surface area (Å²) in [5.41, 5.74) is 1.08. The van der Waals surface area contributed by atoms with E-state index in [1.807, 2.05) is 36.4 Å². The average Bonchev–Trinajstić information content (AvgIpc) is 3.25. The third-order valence-electron chi connectivity index (χ3n) is 4.97. The molecule has 0 aromatic heterocycles. The number of benzene rings is 1. The molecule has 4 atom stereocenters. The number of carbonyl (C=O) groups is 2. The van der Waals surface area contributed by atoms with Crippen LogP contribution in [0.25, 0.3) is 4.91 Å². The minimum atomic E-state index is -0.489. The topological polar surface area (TPSA) is 82.0 Å². The van der Waals surface area contributed by atoms with Gasteiger partial charge in [-0.3, -0.25) is 19.5 Å². The van der Waals surface area contributed by atoms with Gasteiger partial charge in [0.1, 0.15) is 5.37 Å². The number of carbonyl (C=O) groups excluding carboxylic acids is 2. The Hall–Kier alpha value is -1.96. The number of rotatable bonds is 5. The Morgan fingerprint density at radius 3 is 2.88 bits per heavy atom. The van der Waals surface area contributed by atoms with Crippen LogP contribution in [0.3, 0.4) is 0 Å². The van der Waals surface area contributed by atoms with E-state index in [0.717, 1.165) is 17.0 Å². The molecule has 2 N–H and O–H groups in total. The summed E-state index contributed by atoms with van der Waals surface area (Å²) in [6, 6.07) is 9.74. The van der Waals surface area contributed by atoms with Gasteiger partial charge in [-0.25, -0.2) is 0 Å². The van der Waals surface area contributed by atoms with E-state index in [-0.39, 0.29) is 42.0 Å². The lowest BCUT2D eigenvalue weighted by molar-refractivity contribution is -0.134. The summed E-state index contributed by atoms with van der Waals surface area (Å²) in [7, 11) is 0. The molecule has 26 heavy (non-hydrogen) atoms. The number of hydrogen-bond acceptors (Lipinski definition) is 6. The summed E-state index contributed by atoms with van der Waals surface area (Å²) in [4.78, 5) is 32.0. The molecule has 2 unspecified atom stereocenters. The molecule has 0 aliphatic carbocycles. The van der Waals surface area contributed by atoms with Gasteiger partial charge in [0, 0.05) is 17.4 Å². The number of fused-ring (bicyclic) bond motifs is 1. The van der Waals surface area contributed by atoms with Crippen LogP contribution in [0.15, 0.2) is 41.4 Å². The number of amides is 1. The number of aliphatic hydroxyl groups excluding tert-OH is 1. The maximum absolute atomic E-state index is 12.8. The highest BCUT2D eigenvalue weighted by molar-refractivity contribution is 8.09. The molecule has 0 saturated carbocycles. The number of aliphatic hydroxyl groups is 1. The van der Waals surface area contributed by atoms with Crippen LogP contribution in [0.2, 0.25) is 0 Å². The first-order chi connectivity index (χ1) is 12.6. The van der Waals surface area contributed by atoms with E-state index < -0.39 is 6.10 Å². The van der Waals surface area contributed by atoms with E-state index >= 15 is 0 Å². The first-order valence-corrected chi connectivity index (χ1v) is 9.70. The van der Waals surface area contributed by atoms with E-state index in [4.69, 9.17) is 0 Å². The second kappa shape index (κ2) is 7.34. The molecule has 4 rings (SSSR count). The van der Waals surface area contributed by atoms with Crippen LogP contribution in [-0.4, -0.2) is 58.6 Å². The van der Waals surface area contributed by atoms with Gasteiger partial charge in [0.2, 0.25) is 5.91 Å². The van der Waals surface area contributed by atoms with Crippen molar-refractivity contribution in [3.63, 3.8) is 0 Å². The molecule has 1 fully saturated rings. The Morgan fingerprint density at radius 2 is 2.15 bits per heavy atom. The van der Waals surface area contributed by atoms with Crippen LogP contribution in [0.4, 0.5) is 0 Å². The van der Waals surface area contributed by atoms with E-state index in [9.17, 15) is 14.7 Å². The van der Waals surface area contributed by atoms with Crippen molar-refractivity contribution in [1.29, 1.82) is 0 Å². The summed E-state index contributed by atoms with van der Waals surface area (Å²) in [6.07, 6.45) is 3.86. The molecule has 0 spiro atoms. The summed E-state index contributed by atoms with van der Waals surface area (Å²) >= 11 is 1.59. The largest absolute Gasteiger partial charge is 0.391 e. The lowest BCUT2D eigenvalue weighted by atomic mass is 10.0. The molecule has 3 aliphatic rings. The van der Waals surface area contributed by atoms with Gasteiger partial charge >= 0.3 is 0 Å². The number of aliphatic imine (C=N–C) groups is 1. The molecule has 0 bridgehead atoms. The number of hydrogen-bond donors (Lipinski definition) is 2. The zero-order valence-corrected chi connectivity index (χ0v) is 15.1. The Balaban J connectivity index is 1.41. The molecule has 1 aromatic rings. The highest BCUT2D eigenvalue weighted by Crippen LogP contribution is 2.44. The van der Waals surface area contributed by atoms with Gasteiger partial charge < -0.3 is 10.4 Å². The zero-order chi connectivity index (χ0) is 18.1. The van der Waals surface area contributed by atoms with Crippen LogP contribution in [0.1, 0.15) is 18.4 Å². The van der Waals surface area contributed by atoms with E-state index in [0.29, 0.717) is 6.42 Å². The van der Waals surface area contributed by atoms with Crippen LogP contribution in [-0.2, 0) is 9.59 Å². The summed E-state index contributed by atoms with van der Waals surface area (Å²) in [5, 5.41) is 12.8. The van der Waals surface area contributed by atoms with Crippen molar-refractivity contribution in [2.45, 2.75) is 30.4 Å². The normalized spacial score (nSPS) is 30.4. The number of nitrogens with zero attached hydrogens (tertiary/aromatic N) is 2. The van der Waals surface area contributed by atoms with Gasteiger partial charge in [-0.05, 0) is 18.5 Å². The van der Waals surface area contributed by atoms with Crippen molar-refractivity contribution in [3.05, 3.63) is 42.0 Å². The highest BCUT2D eigenvalue weighted by atomic mass is 32.2. The van der Waals surface area contributed by atoms with Crippen LogP contribution >= 0.6 is 11.8 Å². The minimum Gasteiger partial charge on any atom is -0.391 e. The number of thioether (sulfide) groups is 1. The Bertz CT molecular complexity index is 765. The summed E-state index contributed by atoms with van der Waals surface area (Å²) in [6.45, 7) is 0.729. The quantitative estimate of drug-likeness (QED) is 0.815. The first kappa shape index (κ1) is 17.5. The van der Waals surface area contributed by atoms with Gasteiger partial charge in [-0.2, -0.15) is 0 Å². The van der Waals surface area contributed by atoms with Crippen molar-refractivity contribution < 1.29 is 14.7 Å². The third-order valence-corrected chi connectivity index (χ3v) is 6.25. The molecule has 0 radical (unpaired) electrons. The van der Waals surface area contributed by atoms with Crippen molar-refractivity contribution >= 4 is 34.7 Å². The summed E-state index contributed by atoms with van der Waals surface area (Å²) in [5.74, 6) is -0.487. The molecule has 7 heteroatoms. The Labute approximate surface area is 156 Å². The molecular formula is C19H21N3O3S. The molecule has 136 valence electrons. The maximum atomic E-state index is 12.8. The molecule has 6 nitrogen and oxygen atoms in total. The fourth-order valence-corrected chi connectivity index (χ4v) is 4.76. The molecule has 1 amide bonds. The lowest BCUT2D eigenvalue weighted by Gasteiger charge is -2.27. The van der Waals surface area contributed by atoms with Crippen molar-refractivity contribution in [1.82, 2.24) is 10.2 Å². The lowest BCUT2D eigenvalue weighted by Crippen LogP contribution is -2.45. The van der Waals surface area contributed by atoms with E-state index in [2.05, 4.69) is 10.3 Å². The average molecular weight is 371 g/mol. The van der Waals surface area contributed by atoms with Gasteiger partial charge in [-0.15, -0.1) is 0 Å². The Morgan fingerprint density at radius 1 is 1.35 bits per heavy atom. The molecular weight excluding hydrogens is 350 g/mol. The number of nitrogens with one attached hydrogen (secondary N) is 1. The maximum Gasteiger partial charge on any atom is 0.238 e. The fourth-order valence-electron chi connectivity index (χ4n) is 3.55. The van der Waals surface area contributed by atoms with Crippen molar-refractivity contribution in [2.75, 3.05) is 13.1 Å². The number of ketones is 1. The van der Waals surface area contributed by atoms with E-state index in [1.165, 1.54) is 11.2 Å². The zero-order valence-electron chi connectivity index (χ0n) is 14.2. The first-order valence-electron chi connectivity index (χ1n) is 8.82. The van der Waals surface area contributed by atoms with Gasteiger partial charge in [-0.1, -0.05) is 48.2 Å². The fraction of sp³-hybridized carbons (Fsp3) is 0.421. The molecule has 3 aliphatic heterocycles. The highest BCUT2D eigenvalue weighted by Gasteiger charge is 2.39. The van der Waals surface area contributed by atoms with Crippen LogP contribution in [0, 0.1) is 5.92 Å². The van der Waals surface area contributed by atoms with E-state index in [1.54, 1.807) is 11.8 Å². The Kier molecular flexibility index (Phi) is 4.93.